The number of aliphatic hydroxyl groups excluding tert-OH is 1. The minimum atomic E-state index is -0.625. The van der Waals surface area contributed by atoms with E-state index in [0.29, 0.717) is 35.1 Å². The van der Waals surface area contributed by atoms with Crippen LogP contribution in [0.1, 0.15) is 29.5 Å². The summed E-state index contributed by atoms with van der Waals surface area (Å²) in [5, 5.41) is 16.3. The average molecular weight is 450 g/mol. The van der Waals surface area contributed by atoms with Crippen molar-refractivity contribution in [2.75, 3.05) is 26.2 Å². The van der Waals surface area contributed by atoms with Gasteiger partial charge < -0.3 is 15.7 Å². The van der Waals surface area contributed by atoms with Crippen LogP contribution in [0.25, 0.3) is 0 Å². The van der Waals surface area contributed by atoms with Gasteiger partial charge in [-0.2, -0.15) is 0 Å². The zero-order valence-corrected chi connectivity index (χ0v) is 17.9. The molecule has 3 N–H and O–H groups in total. The molecule has 160 valence electrons. The normalized spacial score (nSPS) is 18.6. The summed E-state index contributed by atoms with van der Waals surface area (Å²) in [5.41, 5.74) is 1.64. The third-order valence-corrected chi connectivity index (χ3v) is 6.01. The predicted molar refractivity (Wildman–Crippen MR) is 118 cm³/mol. The summed E-state index contributed by atoms with van der Waals surface area (Å²) in [4.78, 5) is 26.3. The van der Waals surface area contributed by atoms with E-state index in [0.717, 1.165) is 18.5 Å². The van der Waals surface area contributed by atoms with E-state index in [1.165, 1.54) is 0 Å². The first-order valence-corrected chi connectivity index (χ1v) is 10.6. The summed E-state index contributed by atoms with van der Waals surface area (Å²) >= 11 is 12.2. The molecule has 30 heavy (non-hydrogen) atoms. The number of carbonyl (C=O) groups is 2. The van der Waals surface area contributed by atoms with Crippen LogP contribution in [-0.4, -0.2) is 54.6 Å². The molecule has 2 aromatic rings. The van der Waals surface area contributed by atoms with Crippen LogP contribution in [0.4, 0.5) is 0 Å². The number of β-amino-alcohol motifs (C(OH)–C–C–N with tert-alkyl or cyclic N) is 1. The van der Waals surface area contributed by atoms with E-state index in [1.54, 1.807) is 18.2 Å². The van der Waals surface area contributed by atoms with Gasteiger partial charge in [-0.1, -0.05) is 59.6 Å². The van der Waals surface area contributed by atoms with Crippen molar-refractivity contribution in [2.24, 2.45) is 0 Å². The molecule has 1 heterocycles. The Balaban J connectivity index is 1.81. The molecule has 2 aromatic carbocycles. The third kappa shape index (κ3) is 5.95. The lowest BCUT2D eigenvalue weighted by atomic mass is 9.96. The van der Waals surface area contributed by atoms with Gasteiger partial charge in [0.2, 0.25) is 12.3 Å². The highest BCUT2D eigenvalue weighted by Gasteiger charge is 2.28. The lowest BCUT2D eigenvalue weighted by Crippen LogP contribution is -2.41. The molecule has 0 bridgehead atoms. The molecule has 3 atom stereocenters. The highest BCUT2D eigenvalue weighted by Crippen LogP contribution is 2.27. The fourth-order valence-electron chi connectivity index (χ4n) is 3.69. The maximum atomic E-state index is 13.3. The van der Waals surface area contributed by atoms with Crippen LogP contribution in [0.5, 0.6) is 0 Å². The molecule has 0 spiro atoms. The Hall–Kier alpha value is -2.12. The van der Waals surface area contributed by atoms with Crippen molar-refractivity contribution in [3.05, 3.63) is 69.7 Å². The second kappa shape index (κ2) is 10.8. The number of aliphatic hydroxyl groups is 1. The zero-order chi connectivity index (χ0) is 21.5. The van der Waals surface area contributed by atoms with Crippen molar-refractivity contribution in [3.63, 3.8) is 0 Å². The Kier molecular flexibility index (Phi) is 8.10. The third-order valence-electron chi connectivity index (χ3n) is 5.27. The van der Waals surface area contributed by atoms with E-state index in [2.05, 4.69) is 15.5 Å². The number of benzene rings is 2. The fraction of sp³-hybridized carbons (Fsp3) is 0.364. The molecule has 1 fully saturated rings. The first-order valence-electron chi connectivity index (χ1n) is 9.85. The van der Waals surface area contributed by atoms with Gasteiger partial charge in [0.25, 0.3) is 0 Å². The summed E-state index contributed by atoms with van der Waals surface area (Å²) in [6.07, 6.45) is 0.959. The predicted octanol–water partition coefficient (Wildman–Crippen LogP) is 2.75. The van der Waals surface area contributed by atoms with Crippen LogP contribution in [0, 0.1) is 0 Å². The second-order valence-corrected chi connectivity index (χ2v) is 8.24. The van der Waals surface area contributed by atoms with E-state index in [9.17, 15) is 14.7 Å². The summed E-state index contributed by atoms with van der Waals surface area (Å²) in [7, 11) is 0. The fourth-order valence-corrected chi connectivity index (χ4v) is 3.99. The van der Waals surface area contributed by atoms with Gasteiger partial charge >= 0.3 is 0 Å². The van der Waals surface area contributed by atoms with Crippen molar-refractivity contribution in [3.8, 4) is 0 Å². The Morgan fingerprint density at radius 3 is 2.57 bits per heavy atom. The quantitative estimate of drug-likeness (QED) is 0.514. The van der Waals surface area contributed by atoms with E-state index < -0.39 is 5.92 Å². The summed E-state index contributed by atoms with van der Waals surface area (Å²) in [6.45, 7) is 2.09. The lowest BCUT2D eigenvalue weighted by Gasteiger charge is -2.27. The van der Waals surface area contributed by atoms with Crippen LogP contribution in [-0.2, 0) is 9.59 Å². The molecule has 3 rings (SSSR count). The Labute approximate surface area is 186 Å². The van der Waals surface area contributed by atoms with Gasteiger partial charge in [-0.25, -0.2) is 0 Å². The smallest absolute Gasteiger partial charge is 0.229 e. The van der Waals surface area contributed by atoms with Gasteiger partial charge in [0.1, 0.15) is 0 Å². The lowest BCUT2D eigenvalue weighted by molar-refractivity contribution is -0.123. The maximum Gasteiger partial charge on any atom is 0.229 e. The van der Waals surface area contributed by atoms with Crippen LogP contribution in [0.3, 0.4) is 0 Å². The minimum Gasteiger partial charge on any atom is -0.392 e. The van der Waals surface area contributed by atoms with Crippen LogP contribution < -0.4 is 10.6 Å². The van der Waals surface area contributed by atoms with Gasteiger partial charge in [-0.15, -0.1) is 0 Å². The number of halogens is 2. The van der Waals surface area contributed by atoms with Gasteiger partial charge in [-0.05, 0) is 29.7 Å². The van der Waals surface area contributed by atoms with E-state index in [1.807, 2.05) is 30.3 Å². The summed E-state index contributed by atoms with van der Waals surface area (Å²) in [5.74, 6) is -0.850. The Bertz CT molecular complexity index is 866. The SMILES string of the molecule is O=CNCC(C(=O)N[C@H](CN1CC[C@H](O)C1)c1ccccc1)c1ccc(Cl)c(Cl)c1. The first-order chi connectivity index (χ1) is 14.5. The van der Waals surface area contributed by atoms with Crippen molar-refractivity contribution in [1.82, 2.24) is 15.5 Å². The van der Waals surface area contributed by atoms with Crippen LogP contribution >= 0.6 is 23.2 Å². The molecule has 0 radical (unpaired) electrons. The van der Waals surface area contributed by atoms with Crippen molar-refractivity contribution < 1.29 is 14.7 Å². The Morgan fingerprint density at radius 2 is 1.93 bits per heavy atom. The molecule has 6 nitrogen and oxygen atoms in total. The van der Waals surface area contributed by atoms with E-state index in [4.69, 9.17) is 23.2 Å². The van der Waals surface area contributed by atoms with Gasteiger partial charge in [0.05, 0.1) is 28.1 Å². The molecule has 1 unspecified atom stereocenters. The standard InChI is InChI=1S/C22H25Cl2N3O3/c23-19-7-6-16(10-20(19)24)18(11-25-14-28)22(30)26-21(15-4-2-1-3-5-15)13-27-9-8-17(29)12-27/h1-7,10,14,17-18,21,29H,8-9,11-13H2,(H,25,28)(H,26,30)/t17-,18?,21+/m0/s1. The molecule has 2 amide bonds. The van der Waals surface area contributed by atoms with Gasteiger partial charge in [0.15, 0.2) is 0 Å². The number of rotatable bonds is 9. The molecule has 0 aliphatic carbocycles. The maximum absolute atomic E-state index is 13.3. The number of nitrogens with zero attached hydrogens (tertiary/aromatic N) is 1. The molecule has 0 saturated carbocycles. The van der Waals surface area contributed by atoms with Crippen LogP contribution in [0.2, 0.25) is 10.0 Å². The molecule has 1 aliphatic heterocycles. The molecule has 1 saturated heterocycles. The van der Waals surface area contributed by atoms with Crippen LogP contribution in [0.15, 0.2) is 48.5 Å². The average Bonchev–Trinajstić information content (AvgIpc) is 3.15. The summed E-state index contributed by atoms with van der Waals surface area (Å²) < 4.78 is 0. The van der Waals surface area contributed by atoms with E-state index >= 15 is 0 Å². The number of carbonyl (C=O) groups excluding carboxylic acids is 2. The van der Waals surface area contributed by atoms with E-state index in [-0.39, 0.29) is 24.6 Å². The summed E-state index contributed by atoms with van der Waals surface area (Å²) in [6, 6.07) is 14.5. The zero-order valence-electron chi connectivity index (χ0n) is 16.4. The molecular weight excluding hydrogens is 425 g/mol. The first kappa shape index (κ1) is 22.6. The number of hydrogen-bond acceptors (Lipinski definition) is 4. The van der Waals surface area contributed by atoms with Gasteiger partial charge in [-0.3, -0.25) is 14.5 Å². The highest BCUT2D eigenvalue weighted by molar-refractivity contribution is 6.42. The minimum absolute atomic E-state index is 0.136. The molecular formula is C22H25Cl2N3O3. The molecule has 8 heteroatoms. The number of nitrogens with one attached hydrogen (secondary N) is 2. The molecule has 0 aromatic heterocycles. The molecule has 1 aliphatic rings. The van der Waals surface area contributed by atoms with Crippen molar-refractivity contribution in [1.29, 1.82) is 0 Å². The topological polar surface area (TPSA) is 81.7 Å². The monoisotopic (exact) mass is 449 g/mol. The highest BCUT2D eigenvalue weighted by atomic mass is 35.5. The largest absolute Gasteiger partial charge is 0.392 e. The number of likely N-dealkylation sites (tertiary alicyclic amines) is 1. The second-order valence-electron chi connectivity index (χ2n) is 7.43. The van der Waals surface area contributed by atoms with Crippen molar-refractivity contribution in [2.45, 2.75) is 24.5 Å². The van der Waals surface area contributed by atoms with Crippen molar-refractivity contribution >= 4 is 35.5 Å². The Morgan fingerprint density at radius 1 is 1.17 bits per heavy atom. The van der Waals surface area contributed by atoms with Gasteiger partial charge in [0, 0.05) is 26.2 Å². The number of hydrogen-bond donors (Lipinski definition) is 3. The number of amides is 2.